The fourth-order valence-electron chi connectivity index (χ4n) is 2.01. The second-order valence-corrected chi connectivity index (χ2v) is 4.52. The van der Waals surface area contributed by atoms with Gasteiger partial charge in [-0.15, -0.1) is 0 Å². The Kier molecular flexibility index (Phi) is 2.65. The van der Waals surface area contributed by atoms with Gasteiger partial charge in [-0.25, -0.2) is 0 Å². The second-order valence-electron chi connectivity index (χ2n) is 4.52. The van der Waals surface area contributed by atoms with Crippen LogP contribution in [0.1, 0.15) is 32.1 Å². The highest BCUT2D eigenvalue weighted by Crippen LogP contribution is 2.28. The van der Waals surface area contributed by atoms with Crippen LogP contribution in [0.2, 0.25) is 0 Å². The van der Waals surface area contributed by atoms with Crippen molar-refractivity contribution in [2.75, 3.05) is 6.54 Å². The first-order valence-electron chi connectivity index (χ1n) is 5.47. The van der Waals surface area contributed by atoms with E-state index in [9.17, 15) is 9.59 Å². The van der Waals surface area contributed by atoms with Crippen LogP contribution in [-0.2, 0) is 9.59 Å². The van der Waals surface area contributed by atoms with Crippen molar-refractivity contribution in [2.24, 2.45) is 5.73 Å². The molecule has 1 aliphatic heterocycles. The van der Waals surface area contributed by atoms with Crippen molar-refractivity contribution in [1.29, 1.82) is 0 Å². The fourth-order valence-corrected chi connectivity index (χ4v) is 2.01. The topological polar surface area (TPSA) is 84.2 Å². The first-order valence-corrected chi connectivity index (χ1v) is 5.47. The number of carbonyl (C=O) groups is 2. The van der Waals surface area contributed by atoms with E-state index in [-0.39, 0.29) is 17.9 Å². The molecule has 1 aliphatic carbocycles. The highest BCUT2D eigenvalue weighted by Gasteiger charge is 2.40. The molecule has 0 aromatic heterocycles. The van der Waals surface area contributed by atoms with Crippen molar-refractivity contribution in [3.63, 3.8) is 0 Å². The smallest absolute Gasteiger partial charge is 0.240 e. The van der Waals surface area contributed by atoms with Crippen LogP contribution in [0.5, 0.6) is 0 Å². The average Bonchev–Trinajstić information content (AvgIpc) is 2.57. The van der Waals surface area contributed by atoms with E-state index in [4.69, 9.17) is 5.73 Å². The zero-order chi connectivity index (χ0) is 10.9. The molecule has 1 saturated heterocycles. The second kappa shape index (κ2) is 3.81. The molecule has 1 heterocycles. The van der Waals surface area contributed by atoms with E-state index in [1.54, 1.807) is 0 Å². The molecule has 0 radical (unpaired) electrons. The molecule has 4 N–H and O–H groups in total. The van der Waals surface area contributed by atoms with Crippen LogP contribution in [0.15, 0.2) is 0 Å². The van der Waals surface area contributed by atoms with Crippen LogP contribution < -0.4 is 16.4 Å². The normalized spacial score (nSPS) is 28.1. The summed E-state index contributed by atoms with van der Waals surface area (Å²) in [6, 6.07) is 0.0881. The van der Waals surface area contributed by atoms with Crippen molar-refractivity contribution in [1.82, 2.24) is 10.6 Å². The van der Waals surface area contributed by atoms with Crippen LogP contribution in [0, 0.1) is 0 Å². The van der Waals surface area contributed by atoms with Crippen LogP contribution in [-0.4, -0.2) is 29.9 Å². The van der Waals surface area contributed by atoms with E-state index < -0.39 is 5.54 Å². The Morgan fingerprint density at radius 2 is 2.33 bits per heavy atom. The summed E-state index contributed by atoms with van der Waals surface area (Å²) in [4.78, 5) is 22.6. The first kappa shape index (κ1) is 10.4. The lowest BCUT2D eigenvalue weighted by molar-refractivity contribution is -0.129. The van der Waals surface area contributed by atoms with E-state index in [0.717, 1.165) is 25.7 Å². The van der Waals surface area contributed by atoms with Gasteiger partial charge in [-0.2, -0.15) is 0 Å². The molecule has 15 heavy (non-hydrogen) atoms. The molecule has 1 saturated carbocycles. The maximum atomic E-state index is 11.6. The quantitative estimate of drug-likeness (QED) is 0.575. The molecule has 5 heteroatoms. The highest BCUT2D eigenvalue weighted by molar-refractivity contribution is 5.87. The lowest BCUT2D eigenvalue weighted by Gasteiger charge is -2.36. The molecule has 5 nitrogen and oxygen atoms in total. The Bertz CT molecular complexity index is 286. The van der Waals surface area contributed by atoms with E-state index in [0.29, 0.717) is 13.0 Å². The minimum atomic E-state index is -0.636. The highest BCUT2D eigenvalue weighted by atomic mass is 16.2. The van der Waals surface area contributed by atoms with E-state index in [2.05, 4.69) is 10.6 Å². The van der Waals surface area contributed by atoms with Gasteiger partial charge in [0.15, 0.2) is 0 Å². The summed E-state index contributed by atoms with van der Waals surface area (Å²) >= 11 is 0. The Hall–Kier alpha value is -1.10. The van der Waals surface area contributed by atoms with E-state index in [1.807, 2.05) is 0 Å². The van der Waals surface area contributed by atoms with Crippen molar-refractivity contribution >= 4 is 11.8 Å². The third kappa shape index (κ3) is 2.12. The summed E-state index contributed by atoms with van der Waals surface area (Å²) in [7, 11) is 0. The number of hydrogen-bond acceptors (Lipinski definition) is 3. The summed E-state index contributed by atoms with van der Waals surface area (Å²) in [5, 5.41) is 5.61. The van der Waals surface area contributed by atoms with Crippen molar-refractivity contribution in [3.05, 3.63) is 0 Å². The number of rotatable bonds is 3. The molecule has 0 spiro atoms. The number of nitrogens with one attached hydrogen (secondary N) is 2. The van der Waals surface area contributed by atoms with E-state index in [1.165, 1.54) is 0 Å². The molecule has 0 aromatic rings. The monoisotopic (exact) mass is 211 g/mol. The zero-order valence-corrected chi connectivity index (χ0v) is 8.71. The van der Waals surface area contributed by atoms with Crippen LogP contribution in [0.25, 0.3) is 0 Å². The lowest BCUT2D eigenvalue weighted by atomic mass is 9.77. The minimum Gasteiger partial charge on any atom is -0.352 e. The maximum absolute atomic E-state index is 11.6. The molecule has 84 valence electrons. The summed E-state index contributed by atoms with van der Waals surface area (Å²) in [5.41, 5.74) is 5.22. The molecule has 2 fully saturated rings. The molecule has 2 aliphatic rings. The standard InChI is InChI=1S/C10H17N3O2/c11-10(4-1-5-10)9(15)12-6-7-2-3-8(14)13-7/h7H,1-6,11H2,(H,12,15)(H,13,14). The third-order valence-electron chi connectivity index (χ3n) is 3.29. The number of carbonyl (C=O) groups excluding carboxylic acids is 2. The average molecular weight is 211 g/mol. The summed E-state index contributed by atoms with van der Waals surface area (Å²) in [5.74, 6) is -0.00439. The minimum absolute atomic E-state index is 0.0698. The summed E-state index contributed by atoms with van der Waals surface area (Å²) in [6.45, 7) is 0.503. The molecule has 1 atom stereocenters. The SMILES string of the molecule is NC1(C(=O)NCC2CCC(=O)N2)CCC1. The van der Waals surface area contributed by atoms with Crippen LogP contribution >= 0.6 is 0 Å². The van der Waals surface area contributed by atoms with Crippen LogP contribution in [0.4, 0.5) is 0 Å². The van der Waals surface area contributed by atoms with Crippen molar-refractivity contribution in [2.45, 2.75) is 43.7 Å². The van der Waals surface area contributed by atoms with Gasteiger partial charge in [-0.05, 0) is 25.7 Å². The van der Waals surface area contributed by atoms with Crippen molar-refractivity contribution in [3.8, 4) is 0 Å². The van der Waals surface area contributed by atoms with Gasteiger partial charge >= 0.3 is 0 Å². The number of amides is 2. The Morgan fingerprint density at radius 1 is 1.60 bits per heavy atom. The molecular weight excluding hydrogens is 194 g/mol. The van der Waals surface area contributed by atoms with Gasteiger partial charge in [-0.1, -0.05) is 0 Å². The Morgan fingerprint density at radius 3 is 2.80 bits per heavy atom. The largest absolute Gasteiger partial charge is 0.352 e. The maximum Gasteiger partial charge on any atom is 0.240 e. The van der Waals surface area contributed by atoms with Gasteiger partial charge in [-0.3, -0.25) is 9.59 Å². The van der Waals surface area contributed by atoms with Gasteiger partial charge in [0.05, 0.1) is 5.54 Å². The predicted molar refractivity (Wildman–Crippen MR) is 54.9 cm³/mol. The van der Waals surface area contributed by atoms with Gasteiger partial charge in [0, 0.05) is 19.0 Å². The van der Waals surface area contributed by atoms with Crippen LogP contribution in [0.3, 0.4) is 0 Å². The van der Waals surface area contributed by atoms with Gasteiger partial charge < -0.3 is 16.4 Å². The van der Waals surface area contributed by atoms with Gasteiger partial charge in [0.1, 0.15) is 0 Å². The zero-order valence-electron chi connectivity index (χ0n) is 8.71. The van der Waals surface area contributed by atoms with Gasteiger partial charge in [0.25, 0.3) is 0 Å². The summed E-state index contributed by atoms with van der Waals surface area (Å²) < 4.78 is 0. The first-order chi connectivity index (χ1) is 7.10. The third-order valence-corrected chi connectivity index (χ3v) is 3.29. The number of nitrogens with two attached hydrogens (primary N) is 1. The predicted octanol–water partition coefficient (Wildman–Crippen LogP) is -0.737. The molecule has 1 unspecified atom stereocenters. The van der Waals surface area contributed by atoms with Gasteiger partial charge in [0.2, 0.25) is 11.8 Å². The molecule has 2 rings (SSSR count). The Balaban J connectivity index is 1.73. The molecule has 2 amide bonds. The lowest BCUT2D eigenvalue weighted by Crippen LogP contribution is -2.59. The van der Waals surface area contributed by atoms with Crippen molar-refractivity contribution < 1.29 is 9.59 Å². The summed E-state index contributed by atoms with van der Waals surface area (Å²) in [6.07, 6.45) is 3.95. The molecular formula is C10H17N3O2. The fraction of sp³-hybridized carbons (Fsp3) is 0.800. The molecule has 0 bridgehead atoms. The number of hydrogen-bond donors (Lipinski definition) is 3. The Labute approximate surface area is 88.8 Å². The van der Waals surface area contributed by atoms with E-state index >= 15 is 0 Å². The molecule has 0 aromatic carbocycles.